The lowest BCUT2D eigenvalue weighted by molar-refractivity contribution is 0.397. The molecule has 0 saturated carbocycles. The Hall–Kier alpha value is -2.01. The second-order valence-electron chi connectivity index (χ2n) is 5.13. The third kappa shape index (κ3) is 4.05. The lowest BCUT2D eigenvalue weighted by Gasteiger charge is -2.15. The van der Waals surface area contributed by atoms with E-state index in [1.807, 2.05) is 37.6 Å². The predicted molar refractivity (Wildman–Crippen MR) is 96.4 cm³/mol. The van der Waals surface area contributed by atoms with Crippen molar-refractivity contribution in [1.82, 2.24) is 0 Å². The maximum Gasteiger partial charge on any atom is 0.146 e. The minimum Gasteiger partial charge on any atom is -0.507 e. The molecule has 0 aliphatic carbocycles. The van der Waals surface area contributed by atoms with Crippen molar-refractivity contribution in [3.8, 4) is 17.2 Å². The number of aryl methyl sites for hydroxylation is 2. The molecule has 2 aromatic rings. The van der Waals surface area contributed by atoms with E-state index in [-0.39, 0.29) is 0 Å². The van der Waals surface area contributed by atoms with Crippen LogP contribution >= 0.6 is 11.8 Å². The molecular weight excluding hydrogens is 310 g/mol. The zero-order chi connectivity index (χ0) is 16.8. The predicted octanol–water partition coefficient (Wildman–Crippen LogP) is 3.96. The SMILES string of the molecule is CNc1c(OC)cc(CCc2ccc(O)c(SC)c2)cc1OC. The van der Waals surface area contributed by atoms with E-state index in [4.69, 9.17) is 9.47 Å². The quantitative estimate of drug-likeness (QED) is 0.751. The Balaban J connectivity index is 2.20. The summed E-state index contributed by atoms with van der Waals surface area (Å²) in [5.41, 5.74) is 3.20. The van der Waals surface area contributed by atoms with E-state index < -0.39 is 0 Å². The number of methoxy groups -OCH3 is 2. The van der Waals surface area contributed by atoms with Crippen LogP contribution in [-0.4, -0.2) is 32.6 Å². The third-order valence-electron chi connectivity index (χ3n) is 3.76. The summed E-state index contributed by atoms with van der Waals surface area (Å²) in [5.74, 6) is 1.89. The van der Waals surface area contributed by atoms with Crippen molar-refractivity contribution in [2.75, 3.05) is 32.8 Å². The van der Waals surface area contributed by atoms with Gasteiger partial charge in [0.2, 0.25) is 0 Å². The molecule has 4 nitrogen and oxygen atoms in total. The fraction of sp³-hybridized carbons (Fsp3) is 0.333. The molecule has 0 aliphatic heterocycles. The van der Waals surface area contributed by atoms with Crippen LogP contribution < -0.4 is 14.8 Å². The van der Waals surface area contributed by atoms with E-state index in [9.17, 15) is 5.11 Å². The van der Waals surface area contributed by atoms with Gasteiger partial charge in [-0.2, -0.15) is 0 Å². The third-order valence-corrected chi connectivity index (χ3v) is 4.53. The molecule has 0 spiro atoms. The molecule has 2 N–H and O–H groups in total. The van der Waals surface area contributed by atoms with Gasteiger partial charge in [-0.3, -0.25) is 0 Å². The van der Waals surface area contributed by atoms with Crippen LogP contribution in [0, 0.1) is 0 Å². The van der Waals surface area contributed by atoms with Gasteiger partial charge in [-0.05, 0) is 54.5 Å². The first-order chi connectivity index (χ1) is 11.1. The fourth-order valence-electron chi connectivity index (χ4n) is 2.52. The van der Waals surface area contributed by atoms with Crippen LogP contribution in [0.5, 0.6) is 17.2 Å². The van der Waals surface area contributed by atoms with Crippen molar-refractivity contribution in [1.29, 1.82) is 0 Å². The summed E-state index contributed by atoms with van der Waals surface area (Å²) in [4.78, 5) is 0.906. The lowest BCUT2D eigenvalue weighted by atomic mass is 10.0. The number of phenols is 1. The minimum atomic E-state index is 0.336. The number of anilines is 1. The van der Waals surface area contributed by atoms with Crippen LogP contribution in [0.4, 0.5) is 5.69 Å². The number of benzene rings is 2. The summed E-state index contributed by atoms with van der Waals surface area (Å²) in [6, 6.07) is 9.82. The van der Waals surface area contributed by atoms with E-state index in [2.05, 4.69) is 5.32 Å². The van der Waals surface area contributed by atoms with Gasteiger partial charge in [0.15, 0.2) is 0 Å². The van der Waals surface area contributed by atoms with E-state index >= 15 is 0 Å². The number of hydrogen-bond donors (Lipinski definition) is 2. The van der Waals surface area contributed by atoms with Crippen molar-refractivity contribution in [3.63, 3.8) is 0 Å². The number of aromatic hydroxyl groups is 1. The Bertz CT molecular complexity index is 648. The molecule has 124 valence electrons. The van der Waals surface area contributed by atoms with E-state index in [0.717, 1.165) is 40.5 Å². The molecule has 0 heterocycles. The maximum atomic E-state index is 9.75. The Morgan fingerprint density at radius 2 is 1.61 bits per heavy atom. The van der Waals surface area contributed by atoms with E-state index in [0.29, 0.717) is 5.75 Å². The first-order valence-electron chi connectivity index (χ1n) is 7.41. The molecule has 0 radical (unpaired) electrons. The molecule has 0 aliphatic rings. The second kappa shape index (κ2) is 8.02. The summed E-state index contributed by atoms with van der Waals surface area (Å²) < 4.78 is 10.9. The van der Waals surface area contributed by atoms with Crippen LogP contribution in [0.1, 0.15) is 11.1 Å². The highest BCUT2D eigenvalue weighted by molar-refractivity contribution is 7.98. The van der Waals surface area contributed by atoms with Crippen LogP contribution in [-0.2, 0) is 12.8 Å². The summed E-state index contributed by atoms with van der Waals surface area (Å²) in [6.07, 6.45) is 3.72. The van der Waals surface area contributed by atoms with Crippen LogP contribution in [0.2, 0.25) is 0 Å². The van der Waals surface area contributed by atoms with Crippen molar-refractivity contribution >= 4 is 17.4 Å². The average molecular weight is 333 g/mol. The smallest absolute Gasteiger partial charge is 0.146 e. The normalized spacial score (nSPS) is 10.4. The molecule has 23 heavy (non-hydrogen) atoms. The van der Waals surface area contributed by atoms with Gasteiger partial charge in [0.1, 0.15) is 22.9 Å². The molecule has 0 aromatic heterocycles. The minimum absolute atomic E-state index is 0.336. The van der Waals surface area contributed by atoms with Gasteiger partial charge in [-0.15, -0.1) is 11.8 Å². The summed E-state index contributed by atoms with van der Waals surface area (Å²) in [5, 5.41) is 12.9. The van der Waals surface area contributed by atoms with E-state index in [1.54, 1.807) is 32.0 Å². The Labute approximate surface area is 141 Å². The Kier molecular flexibility index (Phi) is 6.04. The number of ether oxygens (including phenoxy) is 2. The number of hydrogen-bond acceptors (Lipinski definition) is 5. The zero-order valence-electron chi connectivity index (χ0n) is 14.0. The van der Waals surface area contributed by atoms with Gasteiger partial charge in [-0.1, -0.05) is 6.07 Å². The molecule has 0 bridgehead atoms. The molecule has 0 amide bonds. The topological polar surface area (TPSA) is 50.7 Å². The monoisotopic (exact) mass is 333 g/mol. The molecular formula is C18H23NO3S. The van der Waals surface area contributed by atoms with Gasteiger partial charge >= 0.3 is 0 Å². The standard InChI is InChI=1S/C18H23NO3S/c1-19-18-15(21-2)9-13(10-16(18)22-3)6-5-12-7-8-14(20)17(11-12)23-4/h7-11,19-20H,5-6H2,1-4H3. The first kappa shape index (κ1) is 17.3. The van der Waals surface area contributed by atoms with Crippen molar-refractivity contribution in [2.24, 2.45) is 0 Å². The summed E-state index contributed by atoms with van der Waals surface area (Å²) in [6.45, 7) is 0. The average Bonchev–Trinajstić information content (AvgIpc) is 2.59. The van der Waals surface area contributed by atoms with Crippen LogP contribution in [0.3, 0.4) is 0 Å². The van der Waals surface area contributed by atoms with Crippen molar-refractivity contribution in [3.05, 3.63) is 41.5 Å². The number of phenolic OH excluding ortho intramolecular Hbond substituents is 1. The molecule has 0 atom stereocenters. The fourth-order valence-corrected chi connectivity index (χ4v) is 3.07. The van der Waals surface area contributed by atoms with Crippen LogP contribution in [0.15, 0.2) is 35.2 Å². The molecule has 0 saturated heterocycles. The van der Waals surface area contributed by atoms with Crippen molar-refractivity contribution in [2.45, 2.75) is 17.7 Å². The van der Waals surface area contributed by atoms with Gasteiger partial charge in [0, 0.05) is 11.9 Å². The highest BCUT2D eigenvalue weighted by Gasteiger charge is 2.11. The highest BCUT2D eigenvalue weighted by Crippen LogP contribution is 2.36. The lowest BCUT2D eigenvalue weighted by Crippen LogP contribution is -2.00. The Morgan fingerprint density at radius 3 is 2.13 bits per heavy atom. The molecule has 0 fully saturated rings. The van der Waals surface area contributed by atoms with Gasteiger partial charge in [0.05, 0.1) is 14.2 Å². The second-order valence-corrected chi connectivity index (χ2v) is 5.98. The number of thioether (sulfide) groups is 1. The molecule has 0 unspecified atom stereocenters. The summed E-state index contributed by atoms with van der Waals surface area (Å²) in [7, 11) is 5.16. The van der Waals surface area contributed by atoms with Crippen LogP contribution in [0.25, 0.3) is 0 Å². The number of rotatable bonds is 7. The molecule has 5 heteroatoms. The van der Waals surface area contributed by atoms with E-state index in [1.165, 1.54) is 5.56 Å². The van der Waals surface area contributed by atoms with Gasteiger partial charge < -0.3 is 19.9 Å². The number of nitrogens with one attached hydrogen (secondary N) is 1. The largest absolute Gasteiger partial charge is 0.507 e. The van der Waals surface area contributed by atoms with Gasteiger partial charge in [0.25, 0.3) is 0 Å². The first-order valence-corrected chi connectivity index (χ1v) is 8.64. The molecule has 2 rings (SSSR count). The maximum absolute atomic E-state index is 9.75. The highest BCUT2D eigenvalue weighted by atomic mass is 32.2. The summed E-state index contributed by atoms with van der Waals surface area (Å²) >= 11 is 1.55. The molecule has 2 aromatic carbocycles. The van der Waals surface area contributed by atoms with Crippen molar-refractivity contribution < 1.29 is 14.6 Å². The zero-order valence-corrected chi connectivity index (χ0v) is 14.8. The van der Waals surface area contributed by atoms with Gasteiger partial charge in [-0.25, -0.2) is 0 Å². The Morgan fingerprint density at radius 1 is 1.00 bits per heavy atom.